The van der Waals surface area contributed by atoms with Crippen molar-refractivity contribution in [3.8, 4) is 34.7 Å². The molecule has 4 amide bonds. The molecule has 624 valence electrons. The van der Waals surface area contributed by atoms with E-state index in [0.717, 1.165) is 67.1 Å². The molecule has 6 heterocycles. The number of amides is 4. The highest BCUT2D eigenvalue weighted by atomic mass is 127. The molecule has 2 N–H and O–H groups in total. The van der Waals surface area contributed by atoms with Gasteiger partial charge in [0.1, 0.15) is 103 Å². The molecule has 0 aliphatic heterocycles. The molecule has 0 saturated heterocycles. The zero-order chi connectivity index (χ0) is 85.9. The normalized spacial score (nSPS) is 13.1. The fraction of sp³-hybridized carbons (Fsp3) is 0.350. The van der Waals surface area contributed by atoms with Crippen molar-refractivity contribution in [3.63, 3.8) is 0 Å². The van der Waals surface area contributed by atoms with Crippen molar-refractivity contribution in [2.45, 2.75) is 142 Å². The van der Waals surface area contributed by atoms with Gasteiger partial charge in [-0.1, -0.05) is 61.8 Å². The molecule has 0 aliphatic rings. The zero-order valence-corrected chi connectivity index (χ0v) is 71.1. The number of likely N-dealkylation sites (N-methyl/N-ethyl adjacent to an activating group) is 2. The van der Waals surface area contributed by atoms with E-state index in [9.17, 15) is 52.2 Å². The van der Waals surface area contributed by atoms with Gasteiger partial charge in [0.25, 0.3) is 6.33 Å². The van der Waals surface area contributed by atoms with Crippen LogP contribution in [0.5, 0.6) is 0 Å². The Balaban J connectivity index is 0.000000269. The Hall–Kier alpha value is -11.6. The predicted octanol–water partition coefficient (Wildman–Crippen LogP) is 10.6. The quantitative estimate of drug-likeness (QED) is 0.0134. The highest BCUT2D eigenvalue weighted by molar-refractivity contribution is 7.10. The number of halogens is 6. The summed E-state index contributed by atoms with van der Waals surface area (Å²) < 4.78 is 94.3. The number of carbonyl (C=O) groups is 6. The molecule has 6 atom stereocenters. The first kappa shape index (κ1) is 93.5. The Kier molecular flexibility index (Phi) is 32.9. The van der Waals surface area contributed by atoms with Gasteiger partial charge in [-0.05, 0) is 121 Å². The third-order valence-electron chi connectivity index (χ3n) is 17.3. The minimum atomic E-state index is -2.07. The molecule has 10 aromatic rings. The summed E-state index contributed by atoms with van der Waals surface area (Å²) in [6.07, 6.45) is 4.63. The average molecular weight is 1800 g/mol. The lowest BCUT2D eigenvalue weighted by molar-refractivity contribution is -0.753. The fourth-order valence-corrected chi connectivity index (χ4v) is 13.1. The summed E-state index contributed by atoms with van der Waals surface area (Å²) in [6, 6.07) is 30.3. The van der Waals surface area contributed by atoms with Crippen LogP contribution in [0.1, 0.15) is 131 Å². The van der Waals surface area contributed by atoms with Crippen LogP contribution in [-0.4, -0.2) is 159 Å². The molecule has 38 heteroatoms. The monoisotopic (exact) mass is 1800 g/mol. The number of esters is 2. The topological polar surface area (TPSA) is 363 Å². The molecule has 30 nitrogen and oxygen atoms in total. The number of hydrogen-bond acceptors (Lipinski definition) is 25. The summed E-state index contributed by atoms with van der Waals surface area (Å²) in [4.78, 5) is 100. The number of anilines is 2. The standard InChI is InChI=1S/C40H43F2N8O7S.C22H17F2N5OS.C18H26ClN3O6.HI/c1-25(36-46-33(21-58-36)28-12-10-27(18-43)11-13-28)40(54,31-17-30(41)14-15-32(31)42)22-50-24-49(23-45-50)26(2)56-38(53)48(7)35-29(9-8-16-44-35)20-55-34(51)19-47(6)37(52)57-39(3,4)5;1-14(21-28-20(10-31-21)16-4-2-15(9-25)3-5-16)22(30,11-29-13-26-12-27-29)18-8-17(23)6-7-19(18)24;1-12(19)27-17(25)22(6)15-13(8-7-9-20-15)11-26-14(23)10-21(5)16(24)28-18(2,3)4;/h8-17,21,23-26,54H,19-20,22H2,1-7H3;2-8,10,12-14,30H,11H2,1H3;7-9,12H,10-11H2,1-6H3;1H/q+1;;;/p-1/t25-,26?,40+;14-,22+;;/m00../s1. The second-order valence-electron chi connectivity index (χ2n) is 28.5. The van der Waals surface area contributed by atoms with E-state index < -0.39 is 106 Å². The number of rotatable bonds is 25. The van der Waals surface area contributed by atoms with Gasteiger partial charge in [0.05, 0.1) is 51.2 Å². The van der Waals surface area contributed by atoms with Crippen molar-refractivity contribution in [2.75, 3.05) is 51.1 Å². The molecule has 2 unspecified atom stereocenters. The molecule has 0 spiro atoms. The number of hydrogen-bond donors (Lipinski definition) is 2. The van der Waals surface area contributed by atoms with Crippen LogP contribution in [0.2, 0.25) is 0 Å². The van der Waals surface area contributed by atoms with Crippen LogP contribution in [0.4, 0.5) is 48.4 Å². The van der Waals surface area contributed by atoms with E-state index >= 15 is 4.39 Å². The van der Waals surface area contributed by atoms with Gasteiger partial charge in [0.15, 0.2) is 5.56 Å². The van der Waals surface area contributed by atoms with Crippen LogP contribution in [0.3, 0.4) is 0 Å². The molecule has 0 fully saturated rings. The molecular formula is C80H86ClF4IN16O14S2. The second-order valence-corrected chi connectivity index (χ2v) is 30.9. The maximum atomic E-state index is 15.4. The third kappa shape index (κ3) is 25.7. The Morgan fingerprint density at radius 3 is 1.39 bits per heavy atom. The van der Waals surface area contributed by atoms with Crippen molar-refractivity contribution in [2.24, 2.45) is 0 Å². The molecule has 4 aromatic carbocycles. The van der Waals surface area contributed by atoms with Gasteiger partial charge in [-0.25, -0.2) is 66.3 Å². The van der Waals surface area contributed by atoms with Crippen LogP contribution in [-0.2, 0) is 75.5 Å². The predicted molar refractivity (Wildman–Crippen MR) is 420 cm³/mol. The molecule has 118 heavy (non-hydrogen) atoms. The number of aromatic nitrogens is 10. The smallest absolute Gasteiger partial charge is 0.418 e. The van der Waals surface area contributed by atoms with Gasteiger partial charge < -0.3 is 72.4 Å². The largest absolute Gasteiger partial charge is 1.00 e. The number of carbonyl (C=O) groups excluding carboxylic acids is 6. The molecule has 0 radical (unpaired) electrons. The summed E-state index contributed by atoms with van der Waals surface area (Å²) in [5, 5.41) is 55.0. The van der Waals surface area contributed by atoms with Crippen molar-refractivity contribution in [1.82, 2.24) is 54.3 Å². The lowest BCUT2D eigenvalue weighted by atomic mass is 9.82. The summed E-state index contributed by atoms with van der Waals surface area (Å²) in [7, 11) is 5.72. The number of benzene rings is 4. The maximum Gasteiger partial charge on any atom is 0.418 e. The molecule has 0 bridgehead atoms. The summed E-state index contributed by atoms with van der Waals surface area (Å²) in [6.45, 7) is 15.2. The van der Waals surface area contributed by atoms with Gasteiger partial charge in [0.2, 0.25) is 12.6 Å². The van der Waals surface area contributed by atoms with Gasteiger partial charge in [-0.3, -0.25) is 19.4 Å². The molecule has 0 saturated carbocycles. The highest BCUT2D eigenvalue weighted by Gasteiger charge is 2.45. The summed E-state index contributed by atoms with van der Waals surface area (Å²) >= 11 is 8.20. The van der Waals surface area contributed by atoms with Crippen molar-refractivity contribution >= 4 is 82.2 Å². The van der Waals surface area contributed by atoms with Gasteiger partial charge in [-0.15, -0.1) is 27.4 Å². The van der Waals surface area contributed by atoms with E-state index in [1.807, 2.05) is 5.38 Å². The van der Waals surface area contributed by atoms with Crippen LogP contribution in [0, 0.1) is 45.9 Å². The Labute approximate surface area is 707 Å². The Bertz CT molecular complexity index is 5200. The Morgan fingerprint density at radius 2 is 1.00 bits per heavy atom. The van der Waals surface area contributed by atoms with Gasteiger partial charge in [0, 0.05) is 109 Å². The lowest BCUT2D eigenvalue weighted by Gasteiger charge is -2.33. The van der Waals surface area contributed by atoms with E-state index in [2.05, 4.69) is 42.3 Å². The second kappa shape index (κ2) is 41.5. The first-order chi connectivity index (χ1) is 55.2. The van der Waals surface area contributed by atoms with Gasteiger partial charge in [-0.2, -0.15) is 20.2 Å². The van der Waals surface area contributed by atoms with E-state index in [1.165, 1.54) is 109 Å². The molecule has 6 aromatic heterocycles. The number of thiazole rings is 2. The minimum absolute atomic E-state index is 0. The van der Waals surface area contributed by atoms with Crippen LogP contribution < -0.4 is 38.3 Å². The minimum Gasteiger partial charge on any atom is -1.00 e. The zero-order valence-electron chi connectivity index (χ0n) is 66.6. The first-order valence-electron chi connectivity index (χ1n) is 35.8. The van der Waals surface area contributed by atoms with E-state index in [0.29, 0.717) is 43.7 Å². The summed E-state index contributed by atoms with van der Waals surface area (Å²) in [5.41, 5.74) is -1.91. The highest BCUT2D eigenvalue weighted by Crippen LogP contribution is 2.44. The number of aliphatic hydroxyl groups is 2. The third-order valence-corrected chi connectivity index (χ3v) is 19.4. The van der Waals surface area contributed by atoms with Crippen molar-refractivity contribution < 1.29 is 114 Å². The first-order valence-corrected chi connectivity index (χ1v) is 38.0. The maximum absolute atomic E-state index is 15.4. The fourth-order valence-electron chi connectivity index (χ4n) is 11.0. The Morgan fingerprint density at radius 1 is 0.585 bits per heavy atom. The SMILES string of the molecule is CC(Cl)OC(=O)N(C)c1ncccc1COC(=O)CN(C)C(=O)OC(C)(C)C.CC(OC(=O)N(C)c1ncccc1COC(=O)CN(C)C(=O)OC(C)(C)C)[n+]1cnn(C[C@](O)(c2cc(F)ccc2F)[C@@H](C)c2nc(-c3ccc(C#N)cc3)cs2)c1.C[C@@H](c1nc(-c2ccc(C#N)cc2)cs1)[C@](O)(Cn1cncn1)c1cc(F)ccc1F.[I-]. The molecular weight excluding hydrogens is 1710 g/mol. The number of ether oxygens (including phenoxy) is 6. The van der Waals surface area contributed by atoms with Crippen molar-refractivity contribution in [1.29, 1.82) is 10.5 Å². The van der Waals surface area contributed by atoms with E-state index in [4.69, 9.17) is 55.5 Å². The van der Waals surface area contributed by atoms with Crippen LogP contribution in [0.15, 0.2) is 158 Å². The van der Waals surface area contributed by atoms with E-state index in [-0.39, 0.29) is 86.1 Å². The average Bonchev–Trinajstić information content (AvgIpc) is 1.42. The number of pyridine rings is 2. The van der Waals surface area contributed by atoms with Crippen LogP contribution in [0.25, 0.3) is 22.5 Å². The van der Waals surface area contributed by atoms with E-state index in [1.54, 1.807) is 140 Å². The molecule has 10 rings (SSSR count). The number of nitrogens with zero attached hydrogens (tertiary/aromatic N) is 16. The molecule has 0 aliphatic carbocycles. The van der Waals surface area contributed by atoms with Crippen molar-refractivity contribution in [3.05, 3.63) is 224 Å². The van der Waals surface area contributed by atoms with Crippen LogP contribution >= 0.6 is 34.3 Å². The summed E-state index contributed by atoms with van der Waals surface area (Å²) in [5.74, 6) is -5.46. The van der Waals surface area contributed by atoms with Gasteiger partial charge >= 0.3 is 36.3 Å². The number of alkyl halides is 1. The number of nitriles is 2. The lowest BCUT2D eigenvalue weighted by Crippen LogP contribution is -3.00.